The molecule has 0 aliphatic rings. The van der Waals surface area contributed by atoms with Gasteiger partial charge in [0.25, 0.3) is 0 Å². The molecule has 0 spiro atoms. The number of likely N-dealkylation sites (N-methyl/N-ethyl adjacent to an activating group) is 2. The highest BCUT2D eigenvalue weighted by molar-refractivity contribution is 9.09. The van der Waals surface area contributed by atoms with Crippen molar-refractivity contribution in [3.8, 4) is 0 Å². The maximum atomic E-state index is 3.36. The monoisotopic (exact) mass is 166 g/mol. The minimum Gasteiger partial charge on any atom is -0.317 e. The third-order valence-electron chi connectivity index (χ3n) is 0.697. The Labute approximate surface area is 52.8 Å². The molecule has 0 saturated heterocycles. The van der Waals surface area contributed by atoms with E-state index < -0.39 is 0 Å². The van der Waals surface area contributed by atoms with E-state index in [0.717, 1.165) is 6.54 Å². The molecule has 0 aromatic heterocycles. The Bertz CT molecular complexity index is 40.7. The SMILES string of the molecule is CNCC(Br)NC. The maximum absolute atomic E-state index is 3.36. The predicted octanol–water partition coefficient (Wildman–Crippen LogP) is 0.146. The number of hydrogen-bond donors (Lipinski definition) is 2. The van der Waals surface area contributed by atoms with Crippen LogP contribution in [0.3, 0.4) is 0 Å². The molecule has 0 aromatic rings. The first kappa shape index (κ1) is 7.40. The standard InChI is InChI=1S/C4H11BrN2/c1-6-3-4(5)7-2/h4,6-7H,3H2,1-2H3. The van der Waals surface area contributed by atoms with Crippen LogP contribution in [0.15, 0.2) is 0 Å². The normalized spacial score (nSPS) is 14.1. The van der Waals surface area contributed by atoms with E-state index in [1.54, 1.807) is 0 Å². The fourth-order valence-electron chi connectivity index (χ4n) is 0.281. The number of rotatable bonds is 3. The van der Waals surface area contributed by atoms with E-state index in [0.29, 0.717) is 4.95 Å². The zero-order chi connectivity index (χ0) is 5.70. The Morgan fingerprint density at radius 3 is 2.29 bits per heavy atom. The van der Waals surface area contributed by atoms with E-state index in [1.165, 1.54) is 0 Å². The van der Waals surface area contributed by atoms with Crippen LogP contribution in [0.25, 0.3) is 0 Å². The molecule has 0 aliphatic heterocycles. The van der Waals surface area contributed by atoms with Crippen LogP contribution >= 0.6 is 15.9 Å². The van der Waals surface area contributed by atoms with E-state index in [1.807, 2.05) is 14.1 Å². The molecule has 0 heterocycles. The summed E-state index contributed by atoms with van der Waals surface area (Å²) < 4.78 is 0. The number of alkyl halides is 1. The second-order valence-electron chi connectivity index (χ2n) is 1.31. The van der Waals surface area contributed by atoms with Crippen molar-refractivity contribution in [3.05, 3.63) is 0 Å². The molecular weight excluding hydrogens is 156 g/mol. The fourth-order valence-corrected chi connectivity index (χ4v) is 0.605. The minimum atomic E-state index is 0.400. The second kappa shape index (κ2) is 4.56. The summed E-state index contributed by atoms with van der Waals surface area (Å²) in [7, 11) is 3.84. The average Bonchev–Trinajstić information content (AvgIpc) is 1.68. The van der Waals surface area contributed by atoms with E-state index in [9.17, 15) is 0 Å². The zero-order valence-corrected chi connectivity index (χ0v) is 6.25. The second-order valence-corrected chi connectivity index (χ2v) is 2.42. The van der Waals surface area contributed by atoms with Gasteiger partial charge in [-0.3, -0.25) is 0 Å². The first-order valence-corrected chi connectivity index (χ1v) is 3.18. The molecule has 2 N–H and O–H groups in total. The van der Waals surface area contributed by atoms with Crippen molar-refractivity contribution >= 4 is 15.9 Å². The maximum Gasteiger partial charge on any atom is 0.0754 e. The predicted molar refractivity (Wildman–Crippen MR) is 35.7 cm³/mol. The van der Waals surface area contributed by atoms with E-state index in [4.69, 9.17) is 0 Å². The van der Waals surface area contributed by atoms with Gasteiger partial charge in [0.15, 0.2) is 0 Å². The minimum absolute atomic E-state index is 0.400. The molecule has 0 fully saturated rings. The fraction of sp³-hybridized carbons (Fsp3) is 1.00. The van der Waals surface area contributed by atoms with Crippen molar-refractivity contribution in [1.29, 1.82) is 0 Å². The highest BCUT2D eigenvalue weighted by atomic mass is 79.9. The molecule has 1 unspecified atom stereocenters. The number of nitrogens with one attached hydrogen (secondary N) is 2. The van der Waals surface area contributed by atoms with E-state index in [-0.39, 0.29) is 0 Å². The molecule has 0 amide bonds. The van der Waals surface area contributed by atoms with Crippen LogP contribution in [0.4, 0.5) is 0 Å². The molecule has 7 heavy (non-hydrogen) atoms. The van der Waals surface area contributed by atoms with E-state index >= 15 is 0 Å². The van der Waals surface area contributed by atoms with Crippen molar-refractivity contribution in [2.24, 2.45) is 0 Å². The van der Waals surface area contributed by atoms with Crippen LogP contribution < -0.4 is 10.6 Å². The highest BCUT2D eigenvalue weighted by Gasteiger charge is 1.92. The van der Waals surface area contributed by atoms with Crippen LogP contribution in [0.1, 0.15) is 0 Å². The summed E-state index contributed by atoms with van der Waals surface area (Å²) in [5.41, 5.74) is 0. The topological polar surface area (TPSA) is 24.1 Å². The first-order valence-electron chi connectivity index (χ1n) is 2.27. The lowest BCUT2D eigenvalue weighted by molar-refractivity contribution is 0.685. The van der Waals surface area contributed by atoms with Gasteiger partial charge in [-0.1, -0.05) is 15.9 Å². The van der Waals surface area contributed by atoms with Gasteiger partial charge in [-0.25, -0.2) is 0 Å². The molecule has 0 saturated carbocycles. The summed E-state index contributed by atoms with van der Waals surface area (Å²) >= 11 is 3.36. The van der Waals surface area contributed by atoms with Crippen LogP contribution in [0.5, 0.6) is 0 Å². The first-order chi connectivity index (χ1) is 3.31. The summed E-state index contributed by atoms with van der Waals surface area (Å²) in [4.78, 5) is 0.400. The van der Waals surface area contributed by atoms with Crippen molar-refractivity contribution in [1.82, 2.24) is 10.6 Å². The lowest BCUT2D eigenvalue weighted by atomic mass is 10.6. The zero-order valence-electron chi connectivity index (χ0n) is 4.66. The third-order valence-corrected chi connectivity index (χ3v) is 1.48. The Balaban J connectivity index is 2.83. The number of hydrogen-bond acceptors (Lipinski definition) is 2. The van der Waals surface area contributed by atoms with Crippen molar-refractivity contribution < 1.29 is 0 Å². The smallest absolute Gasteiger partial charge is 0.0754 e. The van der Waals surface area contributed by atoms with E-state index in [2.05, 4.69) is 26.6 Å². The molecular formula is C4H11BrN2. The van der Waals surface area contributed by atoms with Crippen molar-refractivity contribution in [3.63, 3.8) is 0 Å². The Kier molecular flexibility index (Phi) is 4.82. The van der Waals surface area contributed by atoms with Gasteiger partial charge in [0, 0.05) is 6.54 Å². The largest absolute Gasteiger partial charge is 0.317 e. The third kappa shape index (κ3) is 4.25. The van der Waals surface area contributed by atoms with Crippen molar-refractivity contribution in [2.45, 2.75) is 4.95 Å². The van der Waals surface area contributed by atoms with Gasteiger partial charge in [-0.15, -0.1) is 0 Å². The lowest BCUT2D eigenvalue weighted by Gasteiger charge is -2.04. The van der Waals surface area contributed by atoms with Gasteiger partial charge in [0.1, 0.15) is 0 Å². The summed E-state index contributed by atoms with van der Waals surface area (Å²) in [6.07, 6.45) is 0. The molecule has 44 valence electrons. The Hall–Kier alpha value is 0.400. The van der Waals surface area contributed by atoms with Crippen LogP contribution in [-0.2, 0) is 0 Å². The molecule has 0 aromatic carbocycles. The highest BCUT2D eigenvalue weighted by Crippen LogP contribution is 1.87. The molecule has 0 aliphatic carbocycles. The van der Waals surface area contributed by atoms with Gasteiger partial charge >= 0.3 is 0 Å². The van der Waals surface area contributed by atoms with Crippen molar-refractivity contribution in [2.75, 3.05) is 20.6 Å². The molecule has 0 rings (SSSR count). The summed E-state index contributed by atoms with van der Waals surface area (Å²) in [6, 6.07) is 0. The van der Waals surface area contributed by atoms with Crippen LogP contribution in [-0.4, -0.2) is 25.6 Å². The van der Waals surface area contributed by atoms with Gasteiger partial charge in [-0.05, 0) is 14.1 Å². The molecule has 1 atom stereocenters. The Morgan fingerprint density at radius 2 is 2.14 bits per heavy atom. The summed E-state index contributed by atoms with van der Waals surface area (Å²) in [5.74, 6) is 0. The Morgan fingerprint density at radius 1 is 1.57 bits per heavy atom. The lowest BCUT2D eigenvalue weighted by Crippen LogP contribution is -2.29. The summed E-state index contributed by atoms with van der Waals surface area (Å²) in [6.45, 7) is 0.955. The molecule has 0 bridgehead atoms. The van der Waals surface area contributed by atoms with Gasteiger partial charge in [0.2, 0.25) is 0 Å². The average molecular weight is 167 g/mol. The number of halogens is 1. The summed E-state index contributed by atoms with van der Waals surface area (Å²) in [5, 5.41) is 6.03. The molecule has 0 radical (unpaired) electrons. The van der Waals surface area contributed by atoms with Gasteiger partial charge in [-0.2, -0.15) is 0 Å². The molecule has 2 nitrogen and oxygen atoms in total. The van der Waals surface area contributed by atoms with Crippen LogP contribution in [0.2, 0.25) is 0 Å². The quantitative estimate of drug-likeness (QED) is 0.461. The molecule has 3 heteroatoms. The van der Waals surface area contributed by atoms with Crippen LogP contribution in [0, 0.1) is 0 Å². The van der Waals surface area contributed by atoms with Gasteiger partial charge in [0.05, 0.1) is 4.95 Å². The van der Waals surface area contributed by atoms with Gasteiger partial charge < -0.3 is 10.6 Å².